The van der Waals surface area contributed by atoms with Gasteiger partial charge in [-0.3, -0.25) is 0 Å². The number of ether oxygens (including phenoxy) is 2. The van der Waals surface area contributed by atoms with Crippen LogP contribution in [-0.2, 0) is 13.0 Å². The molecule has 192 valence electrons. The molecule has 0 spiro atoms. The van der Waals surface area contributed by atoms with Crippen molar-refractivity contribution in [1.82, 2.24) is 30.9 Å². The molecule has 10 heteroatoms. The van der Waals surface area contributed by atoms with Crippen LogP contribution >= 0.6 is 11.3 Å². The summed E-state index contributed by atoms with van der Waals surface area (Å²) in [6.07, 6.45) is 2.12. The summed E-state index contributed by atoms with van der Waals surface area (Å²) in [5.41, 5.74) is 2.87. The predicted octanol–water partition coefficient (Wildman–Crippen LogP) is 4.34. The number of hydrogen-bond acceptors (Lipinski definition) is 8. The largest absolute Gasteiger partial charge is 0.490 e. The number of fused-ring (bicyclic) bond motifs is 1. The van der Waals surface area contributed by atoms with Crippen molar-refractivity contribution in [2.45, 2.75) is 38.5 Å². The Morgan fingerprint density at radius 1 is 1.05 bits per heavy atom. The standard InChI is InChI=1S/C27H30N6O3S/c1-27(2,29-15-19(34)16-35-22-9-4-3-7-21(22)24-11-6-12-37-24)13-18-14-28-26-20(18)8-5-10-23(26)36-17-25-30-32-33-31-25/h3-12,14,19,28-29,34H,13,15-17H2,1-2H3,(H,30,31,32,33)/t19-/m0/s1. The van der Waals surface area contributed by atoms with E-state index < -0.39 is 6.10 Å². The molecule has 0 aliphatic carbocycles. The summed E-state index contributed by atoms with van der Waals surface area (Å²) in [6.45, 7) is 5.13. The number of aliphatic hydroxyl groups is 1. The highest BCUT2D eigenvalue weighted by molar-refractivity contribution is 7.13. The number of benzene rings is 2. The first kappa shape index (κ1) is 24.9. The average Bonchev–Trinajstić information content (AvgIpc) is 3.68. The molecule has 0 fully saturated rings. The van der Waals surface area contributed by atoms with Crippen LogP contribution in [0.4, 0.5) is 0 Å². The smallest absolute Gasteiger partial charge is 0.186 e. The number of hydrogen-bond donors (Lipinski definition) is 4. The van der Waals surface area contributed by atoms with Crippen LogP contribution < -0.4 is 14.8 Å². The number of aromatic amines is 2. The molecule has 0 aliphatic rings. The first-order valence-electron chi connectivity index (χ1n) is 12.1. The number of para-hydroxylation sites is 2. The number of tetrazole rings is 1. The summed E-state index contributed by atoms with van der Waals surface area (Å²) >= 11 is 1.67. The maximum absolute atomic E-state index is 10.6. The molecule has 0 amide bonds. The van der Waals surface area contributed by atoms with Gasteiger partial charge in [-0.05, 0) is 65.9 Å². The van der Waals surface area contributed by atoms with Gasteiger partial charge in [-0.1, -0.05) is 30.3 Å². The van der Waals surface area contributed by atoms with Gasteiger partial charge >= 0.3 is 0 Å². The second kappa shape index (κ2) is 11.1. The molecule has 0 aliphatic heterocycles. The normalized spacial score (nSPS) is 12.6. The number of nitrogens with one attached hydrogen (secondary N) is 3. The highest BCUT2D eigenvalue weighted by Crippen LogP contribution is 2.33. The third kappa shape index (κ3) is 6.16. The van der Waals surface area contributed by atoms with Gasteiger partial charge in [0.2, 0.25) is 0 Å². The van der Waals surface area contributed by atoms with E-state index in [9.17, 15) is 5.11 Å². The fourth-order valence-electron chi connectivity index (χ4n) is 4.24. The molecule has 3 heterocycles. The lowest BCUT2D eigenvalue weighted by atomic mass is 9.94. The highest BCUT2D eigenvalue weighted by atomic mass is 32.1. The van der Waals surface area contributed by atoms with E-state index in [0.717, 1.165) is 44.8 Å². The molecular formula is C27H30N6O3S. The van der Waals surface area contributed by atoms with Crippen LogP contribution in [0.5, 0.6) is 11.5 Å². The van der Waals surface area contributed by atoms with Gasteiger partial charge in [-0.15, -0.1) is 16.4 Å². The molecule has 0 unspecified atom stereocenters. The van der Waals surface area contributed by atoms with Crippen molar-refractivity contribution in [3.63, 3.8) is 0 Å². The molecule has 3 aromatic heterocycles. The van der Waals surface area contributed by atoms with E-state index in [0.29, 0.717) is 12.4 Å². The van der Waals surface area contributed by atoms with Crippen LogP contribution in [0, 0.1) is 0 Å². The van der Waals surface area contributed by atoms with Crippen molar-refractivity contribution in [2.24, 2.45) is 0 Å². The van der Waals surface area contributed by atoms with Crippen LogP contribution in [0.1, 0.15) is 25.2 Å². The molecule has 2 aromatic carbocycles. The van der Waals surface area contributed by atoms with Crippen LogP contribution in [0.2, 0.25) is 0 Å². The van der Waals surface area contributed by atoms with E-state index in [1.807, 2.05) is 54.0 Å². The number of rotatable bonds is 12. The summed E-state index contributed by atoms with van der Waals surface area (Å²) in [5, 5.41) is 31.0. The molecule has 0 saturated heterocycles. The van der Waals surface area contributed by atoms with Gasteiger partial charge in [0.1, 0.15) is 30.8 Å². The quantitative estimate of drug-likeness (QED) is 0.194. The van der Waals surface area contributed by atoms with E-state index in [1.165, 1.54) is 0 Å². The first-order valence-corrected chi connectivity index (χ1v) is 13.0. The van der Waals surface area contributed by atoms with Crippen molar-refractivity contribution in [3.05, 3.63) is 77.6 Å². The molecule has 0 radical (unpaired) electrons. The number of H-pyrrole nitrogens is 2. The third-order valence-corrected chi connectivity index (χ3v) is 6.97. The van der Waals surface area contributed by atoms with Crippen LogP contribution in [-0.4, -0.2) is 55.5 Å². The Bertz CT molecular complexity index is 1420. The summed E-state index contributed by atoms with van der Waals surface area (Å²) in [6, 6.07) is 18.0. The van der Waals surface area contributed by atoms with E-state index in [2.05, 4.69) is 56.9 Å². The van der Waals surface area contributed by atoms with Gasteiger partial charge < -0.3 is 24.9 Å². The van der Waals surface area contributed by atoms with Crippen molar-refractivity contribution in [1.29, 1.82) is 0 Å². The SMILES string of the molecule is CC(C)(Cc1c[nH]c2c(OCc3nnn[nH]3)cccc12)NC[C@H](O)COc1ccccc1-c1cccs1. The van der Waals surface area contributed by atoms with E-state index >= 15 is 0 Å². The monoisotopic (exact) mass is 518 g/mol. The van der Waals surface area contributed by atoms with Gasteiger partial charge in [0.25, 0.3) is 0 Å². The van der Waals surface area contributed by atoms with Crippen LogP contribution in [0.25, 0.3) is 21.3 Å². The number of nitrogens with zero attached hydrogens (tertiary/aromatic N) is 3. The summed E-state index contributed by atoms with van der Waals surface area (Å²) in [7, 11) is 0. The zero-order valence-corrected chi connectivity index (χ0v) is 21.6. The Morgan fingerprint density at radius 2 is 1.92 bits per heavy atom. The van der Waals surface area contributed by atoms with Crippen LogP contribution in [0.3, 0.4) is 0 Å². The van der Waals surface area contributed by atoms with E-state index in [-0.39, 0.29) is 18.8 Å². The van der Waals surface area contributed by atoms with Crippen LogP contribution in [0.15, 0.2) is 66.2 Å². The second-order valence-electron chi connectivity index (χ2n) is 9.51. The van der Waals surface area contributed by atoms with Gasteiger partial charge in [0.05, 0.1) is 5.52 Å². The zero-order valence-electron chi connectivity index (χ0n) is 20.8. The molecule has 5 rings (SSSR count). The minimum atomic E-state index is -0.649. The summed E-state index contributed by atoms with van der Waals surface area (Å²) in [4.78, 5) is 4.49. The zero-order chi connectivity index (χ0) is 25.7. The molecule has 9 nitrogen and oxygen atoms in total. The lowest BCUT2D eigenvalue weighted by molar-refractivity contribution is 0.0991. The number of aliphatic hydroxyl groups excluding tert-OH is 1. The Hall–Kier alpha value is -3.73. The van der Waals surface area contributed by atoms with E-state index in [4.69, 9.17) is 9.47 Å². The topological polar surface area (TPSA) is 121 Å². The van der Waals surface area contributed by atoms with Gasteiger partial charge in [0, 0.05) is 34.1 Å². The number of aromatic nitrogens is 5. The fraction of sp³-hybridized carbons (Fsp3) is 0.296. The van der Waals surface area contributed by atoms with Gasteiger partial charge in [0.15, 0.2) is 5.82 Å². The van der Waals surface area contributed by atoms with Crippen molar-refractivity contribution < 1.29 is 14.6 Å². The van der Waals surface area contributed by atoms with Crippen molar-refractivity contribution in [2.75, 3.05) is 13.2 Å². The van der Waals surface area contributed by atoms with Crippen molar-refractivity contribution in [3.8, 4) is 21.9 Å². The first-order chi connectivity index (χ1) is 18.0. The fourth-order valence-corrected chi connectivity index (χ4v) is 5.00. The predicted molar refractivity (Wildman–Crippen MR) is 144 cm³/mol. The minimum Gasteiger partial charge on any atom is -0.490 e. The van der Waals surface area contributed by atoms with Crippen molar-refractivity contribution >= 4 is 22.2 Å². The molecule has 1 atom stereocenters. The maximum atomic E-state index is 10.6. The molecule has 37 heavy (non-hydrogen) atoms. The van der Waals surface area contributed by atoms with E-state index in [1.54, 1.807) is 11.3 Å². The number of thiophene rings is 1. The molecule has 5 aromatic rings. The molecular weight excluding hydrogens is 488 g/mol. The van der Waals surface area contributed by atoms with Gasteiger partial charge in [-0.25, -0.2) is 5.10 Å². The number of β-amino-alcohol motifs (C(OH)–C–C–N with tert-alkyl or cyclic N) is 1. The Morgan fingerprint density at radius 3 is 2.73 bits per heavy atom. The summed E-state index contributed by atoms with van der Waals surface area (Å²) < 4.78 is 11.9. The maximum Gasteiger partial charge on any atom is 0.186 e. The Labute approximate surface area is 218 Å². The molecule has 0 bridgehead atoms. The highest BCUT2D eigenvalue weighted by Gasteiger charge is 2.22. The Balaban J connectivity index is 1.17. The Kier molecular flexibility index (Phi) is 7.50. The van der Waals surface area contributed by atoms with Gasteiger partial charge in [-0.2, -0.15) is 0 Å². The average molecular weight is 519 g/mol. The second-order valence-corrected chi connectivity index (χ2v) is 10.5. The lowest BCUT2D eigenvalue weighted by Gasteiger charge is -2.28. The lowest BCUT2D eigenvalue weighted by Crippen LogP contribution is -2.46. The summed E-state index contributed by atoms with van der Waals surface area (Å²) in [5.74, 6) is 2.08. The molecule has 0 saturated carbocycles. The third-order valence-electron chi connectivity index (χ3n) is 6.07. The minimum absolute atomic E-state index is 0.208. The molecule has 4 N–H and O–H groups in total.